The molecule has 0 aliphatic carbocycles. The van der Waals surface area contributed by atoms with E-state index in [4.69, 9.17) is 14.6 Å². The number of aromatic nitrogens is 1. The second-order valence-electron chi connectivity index (χ2n) is 5.50. The average Bonchev–Trinajstić information content (AvgIpc) is 3.08. The zero-order valence-corrected chi connectivity index (χ0v) is 16.3. The van der Waals surface area contributed by atoms with Gasteiger partial charge in [0.1, 0.15) is 23.1 Å². The highest BCUT2D eigenvalue weighted by molar-refractivity contribution is 9.10. The first-order chi connectivity index (χ1) is 12.5. The van der Waals surface area contributed by atoms with Gasteiger partial charge in [-0.3, -0.25) is 0 Å². The summed E-state index contributed by atoms with van der Waals surface area (Å²) < 4.78 is 12.0. The van der Waals surface area contributed by atoms with Crippen LogP contribution in [0.15, 0.2) is 52.3 Å². The van der Waals surface area contributed by atoms with Crippen molar-refractivity contribution in [2.75, 3.05) is 6.61 Å². The Balaban J connectivity index is 1.64. The molecule has 0 unspecified atom stereocenters. The van der Waals surface area contributed by atoms with Crippen molar-refractivity contribution >= 4 is 33.2 Å². The lowest BCUT2D eigenvalue weighted by molar-refractivity contribution is -0.139. The molecule has 0 aliphatic rings. The number of hydrogen-bond acceptors (Lipinski definition) is 5. The van der Waals surface area contributed by atoms with Crippen LogP contribution < -0.4 is 9.47 Å². The van der Waals surface area contributed by atoms with Gasteiger partial charge in [-0.25, -0.2) is 9.78 Å². The van der Waals surface area contributed by atoms with Crippen LogP contribution in [0.5, 0.6) is 11.5 Å². The Bertz CT molecular complexity index is 925. The van der Waals surface area contributed by atoms with E-state index in [9.17, 15) is 4.79 Å². The molecule has 0 fully saturated rings. The topological polar surface area (TPSA) is 68.7 Å². The normalized spacial score (nSPS) is 10.5. The first kappa shape index (κ1) is 18.4. The number of ether oxygens (including phenoxy) is 2. The van der Waals surface area contributed by atoms with Crippen molar-refractivity contribution in [3.63, 3.8) is 0 Å². The second-order valence-corrected chi connectivity index (χ2v) is 7.30. The minimum absolute atomic E-state index is 0.363. The van der Waals surface area contributed by atoms with Crippen molar-refractivity contribution in [3.8, 4) is 22.8 Å². The maximum Gasteiger partial charge on any atom is 0.341 e. The summed E-state index contributed by atoms with van der Waals surface area (Å²) in [4.78, 5) is 15.2. The van der Waals surface area contributed by atoms with Gasteiger partial charge in [0.25, 0.3) is 0 Å². The van der Waals surface area contributed by atoms with Crippen LogP contribution in [-0.4, -0.2) is 22.7 Å². The van der Waals surface area contributed by atoms with E-state index >= 15 is 0 Å². The van der Waals surface area contributed by atoms with Crippen LogP contribution >= 0.6 is 27.3 Å². The van der Waals surface area contributed by atoms with Gasteiger partial charge in [0.15, 0.2) is 6.61 Å². The average molecular weight is 434 g/mol. The molecule has 1 N–H and O–H groups in total. The first-order valence-electron chi connectivity index (χ1n) is 7.80. The van der Waals surface area contributed by atoms with Gasteiger partial charge in [-0.15, -0.1) is 11.3 Å². The van der Waals surface area contributed by atoms with Crippen molar-refractivity contribution < 1.29 is 19.4 Å². The Morgan fingerprint density at radius 3 is 2.77 bits per heavy atom. The van der Waals surface area contributed by atoms with E-state index in [1.165, 1.54) is 0 Å². The summed E-state index contributed by atoms with van der Waals surface area (Å²) in [6.07, 6.45) is 0. The standard InChI is InChI=1S/C19H16BrNO4S/c1-12-8-13(6-7-17(12)25-10-19(22)23)24-9-18-21-16(11-26-18)14-4-2-3-5-15(14)20/h2-8,11H,9-10H2,1H3,(H,22,23). The van der Waals surface area contributed by atoms with Crippen LogP contribution in [0.4, 0.5) is 0 Å². The monoisotopic (exact) mass is 433 g/mol. The zero-order valence-electron chi connectivity index (χ0n) is 13.9. The Labute approximate surface area is 163 Å². The highest BCUT2D eigenvalue weighted by Gasteiger charge is 2.09. The van der Waals surface area contributed by atoms with E-state index in [1.54, 1.807) is 23.5 Å². The van der Waals surface area contributed by atoms with E-state index in [1.807, 2.05) is 42.6 Å². The van der Waals surface area contributed by atoms with E-state index < -0.39 is 5.97 Å². The van der Waals surface area contributed by atoms with Crippen LogP contribution in [0, 0.1) is 6.92 Å². The molecule has 0 radical (unpaired) electrons. The molecule has 1 heterocycles. The third-order valence-electron chi connectivity index (χ3n) is 3.56. The van der Waals surface area contributed by atoms with Gasteiger partial charge >= 0.3 is 5.97 Å². The highest BCUT2D eigenvalue weighted by Crippen LogP contribution is 2.29. The molecule has 0 saturated heterocycles. The molecule has 7 heteroatoms. The van der Waals surface area contributed by atoms with Gasteiger partial charge in [-0.1, -0.05) is 34.1 Å². The molecular weight excluding hydrogens is 418 g/mol. The molecule has 1 aromatic heterocycles. The van der Waals surface area contributed by atoms with Crippen molar-refractivity contribution in [1.29, 1.82) is 0 Å². The Morgan fingerprint density at radius 2 is 2.04 bits per heavy atom. The maximum absolute atomic E-state index is 10.6. The molecule has 3 aromatic rings. The lowest BCUT2D eigenvalue weighted by Crippen LogP contribution is -2.10. The molecule has 5 nitrogen and oxygen atoms in total. The molecule has 0 aliphatic heterocycles. The number of rotatable bonds is 7. The molecule has 26 heavy (non-hydrogen) atoms. The number of thiazole rings is 1. The number of carboxylic acids is 1. The first-order valence-corrected chi connectivity index (χ1v) is 9.47. The van der Waals surface area contributed by atoms with Gasteiger partial charge in [0, 0.05) is 15.4 Å². The molecule has 0 spiro atoms. The van der Waals surface area contributed by atoms with Gasteiger partial charge in [-0.05, 0) is 36.8 Å². The molecule has 0 saturated carbocycles. The Kier molecular flexibility index (Phi) is 5.90. The molecule has 3 rings (SSSR count). The SMILES string of the molecule is Cc1cc(OCc2nc(-c3ccccc3Br)cs2)ccc1OCC(=O)O. The number of aliphatic carboxylic acids is 1. The fourth-order valence-electron chi connectivity index (χ4n) is 2.33. The van der Waals surface area contributed by atoms with Crippen molar-refractivity contribution in [2.45, 2.75) is 13.5 Å². The van der Waals surface area contributed by atoms with Crippen molar-refractivity contribution in [3.05, 3.63) is 62.9 Å². The van der Waals surface area contributed by atoms with Crippen LogP contribution in [0.2, 0.25) is 0 Å². The molecular formula is C19H16BrNO4S. The smallest absolute Gasteiger partial charge is 0.341 e. The van der Waals surface area contributed by atoms with Crippen LogP contribution in [0.3, 0.4) is 0 Å². The Hall–Kier alpha value is -2.38. The summed E-state index contributed by atoms with van der Waals surface area (Å²) in [6.45, 7) is 1.85. The highest BCUT2D eigenvalue weighted by atomic mass is 79.9. The third kappa shape index (κ3) is 4.62. The minimum atomic E-state index is -1.01. The summed E-state index contributed by atoms with van der Waals surface area (Å²) in [5.74, 6) is 0.211. The van der Waals surface area contributed by atoms with Gasteiger partial charge in [0.05, 0.1) is 5.69 Å². The molecule has 0 atom stereocenters. The van der Waals surface area contributed by atoms with Crippen molar-refractivity contribution in [2.24, 2.45) is 0 Å². The number of hydrogen-bond donors (Lipinski definition) is 1. The summed E-state index contributed by atoms with van der Waals surface area (Å²) in [5.41, 5.74) is 2.78. The number of nitrogens with zero attached hydrogens (tertiary/aromatic N) is 1. The summed E-state index contributed by atoms with van der Waals surface area (Å²) in [6, 6.07) is 13.2. The Morgan fingerprint density at radius 1 is 1.23 bits per heavy atom. The molecule has 134 valence electrons. The molecule has 2 aromatic carbocycles. The maximum atomic E-state index is 10.6. The molecule has 0 bridgehead atoms. The van der Waals surface area contributed by atoms with E-state index in [2.05, 4.69) is 20.9 Å². The fraction of sp³-hybridized carbons (Fsp3) is 0.158. The summed E-state index contributed by atoms with van der Waals surface area (Å²) >= 11 is 5.08. The quantitative estimate of drug-likeness (QED) is 0.572. The van der Waals surface area contributed by atoms with Crippen LogP contribution in [-0.2, 0) is 11.4 Å². The predicted octanol–water partition coefficient (Wildman–Crippen LogP) is 4.92. The number of carbonyl (C=O) groups is 1. The van der Waals surface area contributed by atoms with Crippen LogP contribution in [0.25, 0.3) is 11.3 Å². The summed E-state index contributed by atoms with van der Waals surface area (Å²) in [5, 5.41) is 11.6. The number of carboxylic acid groups (broad SMARTS) is 1. The van der Waals surface area contributed by atoms with Gasteiger partial charge < -0.3 is 14.6 Å². The third-order valence-corrected chi connectivity index (χ3v) is 5.08. The van der Waals surface area contributed by atoms with Gasteiger partial charge in [-0.2, -0.15) is 0 Å². The number of aryl methyl sites for hydroxylation is 1. The number of halogens is 1. The number of benzene rings is 2. The van der Waals surface area contributed by atoms with Crippen molar-refractivity contribution in [1.82, 2.24) is 4.98 Å². The lowest BCUT2D eigenvalue weighted by atomic mass is 10.2. The van der Waals surface area contributed by atoms with E-state index in [0.29, 0.717) is 18.1 Å². The fourth-order valence-corrected chi connectivity index (χ4v) is 3.52. The van der Waals surface area contributed by atoms with E-state index in [-0.39, 0.29) is 6.61 Å². The second kappa shape index (κ2) is 8.33. The minimum Gasteiger partial charge on any atom is -0.486 e. The zero-order chi connectivity index (χ0) is 18.5. The predicted molar refractivity (Wildman–Crippen MR) is 104 cm³/mol. The largest absolute Gasteiger partial charge is 0.486 e. The van der Waals surface area contributed by atoms with Crippen LogP contribution in [0.1, 0.15) is 10.6 Å². The van der Waals surface area contributed by atoms with Gasteiger partial charge in [0.2, 0.25) is 0 Å². The molecule has 0 amide bonds. The van der Waals surface area contributed by atoms with E-state index in [0.717, 1.165) is 26.3 Å². The summed E-state index contributed by atoms with van der Waals surface area (Å²) in [7, 11) is 0. The lowest BCUT2D eigenvalue weighted by Gasteiger charge is -2.09.